The Morgan fingerprint density at radius 3 is 1.56 bits per heavy atom. The minimum atomic E-state index is -0.647. The van der Waals surface area contributed by atoms with Gasteiger partial charge in [0.1, 0.15) is 11.5 Å². The highest BCUT2D eigenvalue weighted by molar-refractivity contribution is 6.42. The van der Waals surface area contributed by atoms with E-state index in [0.29, 0.717) is 62.4 Å². The lowest BCUT2D eigenvalue weighted by Gasteiger charge is -2.34. The Labute approximate surface area is 290 Å². The minimum absolute atomic E-state index is 0.311. The van der Waals surface area contributed by atoms with E-state index < -0.39 is 5.92 Å². The molecule has 0 radical (unpaired) electrons. The van der Waals surface area contributed by atoms with Crippen LogP contribution in [0.2, 0.25) is 40.2 Å². The average Bonchev–Trinajstić information content (AvgIpc) is 2.91. The Bertz CT molecular complexity index is 1800. The smallest absolute Gasteiger partial charge is 0.131 e. The van der Waals surface area contributed by atoms with E-state index in [4.69, 9.17) is 97.5 Å². The Morgan fingerprint density at radius 2 is 1.02 bits per heavy atom. The topological polar surface area (TPSA) is 9.23 Å². The van der Waals surface area contributed by atoms with Gasteiger partial charge in [-0.05, 0) is 65.7 Å². The van der Waals surface area contributed by atoms with Crippen LogP contribution in [0.25, 0.3) is 11.1 Å². The van der Waals surface area contributed by atoms with Crippen LogP contribution in [0, 0.1) is 0 Å². The fourth-order valence-corrected chi connectivity index (χ4v) is 8.56. The summed E-state index contributed by atoms with van der Waals surface area (Å²) in [6, 6.07) is 24.1. The maximum atomic E-state index is 7.04. The van der Waals surface area contributed by atoms with Crippen LogP contribution in [0.1, 0.15) is 47.6 Å². The van der Waals surface area contributed by atoms with Crippen LogP contribution in [0.4, 0.5) is 0 Å². The van der Waals surface area contributed by atoms with Crippen molar-refractivity contribution in [3.63, 3.8) is 0 Å². The lowest BCUT2D eigenvalue weighted by Crippen LogP contribution is -2.24. The van der Waals surface area contributed by atoms with Crippen molar-refractivity contribution in [2.75, 3.05) is 0 Å². The Hall–Kier alpha value is -1.78. The van der Waals surface area contributed by atoms with E-state index in [2.05, 4.69) is 26.0 Å². The van der Waals surface area contributed by atoms with Crippen molar-refractivity contribution >= 4 is 92.8 Å². The number of rotatable bonds is 4. The molecule has 0 fully saturated rings. The second-order valence-electron chi connectivity index (χ2n) is 10.8. The quantitative estimate of drug-likeness (QED) is 0.168. The van der Waals surface area contributed by atoms with E-state index in [1.165, 1.54) is 0 Å². The first kappa shape index (κ1) is 31.2. The molecule has 0 aromatic heterocycles. The summed E-state index contributed by atoms with van der Waals surface area (Å²) < 4.78 is 6.24. The number of ether oxygens (including phenoxy) is 1. The van der Waals surface area contributed by atoms with Crippen LogP contribution in [-0.2, 0) is 5.41 Å². The molecule has 0 amide bonds. The van der Waals surface area contributed by atoms with Crippen molar-refractivity contribution in [3.05, 3.63) is 147 Å². The average molecular weight is 728 g/mol. The molecule has 6 rings (SSSR count). The van der Waals surface area contributed by atoms with Crippen LogP contribution < -0.4 is 4.74 Å². The molecule has 1 aliphatic rings. The van der Waals surface area contributed by atoms with E-state index in [0.717, 1.165) is 28.2 Å². The summed E-state index contributed by atoms with van der Waals surface area (Å²) in [6.45, 7) is 4.35. The maximum Gasteiger partial charge on any atom is 0.131 e. The summed E-state index contributed by atoms with van der Waals surface area (Å²) in [5, 5.41) is 2.94. The van der Waals surface area contributed by atoms with Gasteiger partial charge in [0.15, 0.2) is 0 Å². The molecular formula is C34H20Cl8O. The lowest BCUT2D eigenvalue weighted by molar-refractivity contribution is 0.418. The fourth-order valence-electron chi connectivity index (χ4n) is 5.77. The molecule has 5 aromatic carbocycles. The van der Waals surface area contributed by atoms with Crippen molar-refractivity contribution < 1.29 is 4.74 Å². The standard InChI is InChI=1S/C34H20Cl8O/c1-34(2)20-5-3-4-6-28(20)43-29-8-7-16(9-21(29)34)30-22(37)10-17(11-23(30)38)31(32-24(39)12-18(35)13-25(32)40)33-26(41)14-19(36)15-27(33)42/h3-15,31H,1-2H3. The van der Waals surface area contributed by atoms with Crippen molar-refractivity contribution in [1.29, 1.82) is 0 Å². The summed E-state index contributed by atoms with van der Waals surface area (Å²) >= 11 is 53.6. The van der Waals surface area contributed by atoms with Gasteiger partial charge in [0, 0.05) is 69.3 Å². The molecule has 9 heteroatoms. The summed E-state index contributed by atoms with van der Waals surface area (Å²) in [7, 11) is 0. The molecule has 0 aliphatic carbocycles. The summed E-state index contributed by atoms with van der Waals surface area (Å²) in [4.78, 5) is 0. The summed E-state index contributed by atoms with van der Waals surface area (Å²) in [6.07, 6.45) is 0. The molecule has 0 atom stereocenters. The lowest BCUT2D eigenvalue weighted by atomic mass is 9.75. The van der Waals surface area contributed by atoms with Crippen LogP contribution in [0.15, 0.2) is 78.9 Å². The predicted octanol–water partition coefficient (Wildman–Crippen LogP) is 14.2. The fraction of sp³-hybridized carbons (Fsp3) is 0.118. The van der Waals surface area contributed by atoms with Gasteiger partial charge in [-0.1, -0.05) is 131 Å². The van der Waals surface area contributed by atoms with Gasteiger partial charge in [-0.3, -0.25) is 0 Å². The molecule has 0 N–H and O–H groups in total. The van der Waals surface area contributed by atoms with Gasteiger partial charge in [-0.2, -0.15) is 0 Å². The van der Waals surface area contributed by atoms with E-state index in [9.17, 15) is 0 Å². The molecule has 0 saturated heterocycles. The van der Waals surface area contributed by atoms with Crippen LogP contribution in [0.5, 0.6) is 11.5 Å². The van der Waals surface area contributed by atoms with E-state index in [1.807, 2.05) is 42.5 Å². The molecule has 218 valence electrons. The van der Waals surface area contributed by atoms with E-state index in [1.54, 1.807) is 24.3 Å². The molecule has 43 heavy (non-hydrogen) atoms. The highest BCUT2D eigenvalue weighted by Gasteiger charge is 2.35. The van der Waals surface area contributed by atoms with Gasteiger partial charge < -0.3 is 4.74 Å². The number of para-hydroxylation sites is 1. The number of hydrogen-bond acceptors (Lipinski definition) is 1. The first-order valence-electron chi connectivity index (χ1n) is 13.1. The molecule has 0 spiro atoms. The van der Waals surface area contributed by atoms with E-state index in [-0.39, 0.29) is 5.41 Å². The van der Waals surface area contributed by atoms with Crippen molar-refractivity contribution in [1.82, 2.24) is 0 Å². The van der Waals surface area contributed by atoms with Gasteiger partial charge in [-0.15, -0.1) is 0 Å². The van der Waals surface area contributed by atoms with Gasteiger partial charge in [-0.25, -0.2) is 0 Å². The zero-order chi connectivity index (χ0) is 30.8. The second-order valence-corrected chi connectivity index (χ2v) is 14.1. The normalized spacial score (nSPS) is 13.5. The molecular weight excluding hydrogens is 708 g/mol. The molecule has 5 aromatic rings. The Kier molecular flexibility index (Phi) is 8.61. The Morgan fingerprint density at radius 1 is 0.535 bits per heavy atom. The third-order valence-electron chi connectivity index (χ3n) is 7.78. The van der Waals surface area contributed by atoms with Gasteiger partial charge >= 0.3 is 0 Å². The number of fused-ring (bicyclic) bond motifs is 2. The molecule has 0 bridgehead atoms. The molecule has 1 aliphatic heterocycles. The van der Waals surface area contributed by atoms with Crippen molar-refractivity contribution in [2.45, 2.75) is 25.2 Å². The van der Waals surface area contributed by atoms with Crippen LogP contribution >= 0.6 is 92.8 Å². The zero-order valence-corrected chi connectivity index (χ0v) is 28.6. The number of benzene rings is 5. The van der Waals surface area contributed by atoms with Crippen molar-refractivity contribution in [3.8, 4) is 22.6 Å². The summed E-state index contributed by atoms with van der Waals surface area (Å²) in [5.41, 5.74) is 5.10. The highest BCUT2D eigenvalue weighted by Crippen LogP contribution is 2.51. The van der Waals surface area contributed by atoms with E-state index >= 15 is 0 Å². The monoisotopic (exact) mass is 724 g/mol. The van der Waals surface area contributed by atoms with Crippen LogP contribution in [-0.4, -0.2) is 0 Å². The first-order valence-corrected chi connectivity index (χ1v) is 16.1. The summed E-state index contributed by atoms with van der Waals surface area (Å²) in [5.74, 6) is 0.986. The molecule has 1 nitrogen and oxygen atoms in total. The van der Waals surface area contributed by atoms with Crippen LogP contribution in [0.3, 0.4) is 0 Å². The van der Waals surface area contributed by atoms with Crippen molar-refractivity contribution in [2.24, 2.45) is 0 Å². The highest BCUT2D eigenvalue weighted by atomic mass is 35.5. The number of halogens is 8. The van der Waals surface area contributed by atoms with Gasteiger partial charge in [0.05, 0.1) is 10.0 Å². The van der Waals surface area contributed by atoms with Gasteiger partial charge in [0.25, 0.3) is 0 Å². The third-order valence-corrected chi connectivity index (χ3v) is 10.1. The van der Waals surface area contributed by atoms with Gasteiger partial charge in [0.2, 0.25) is 0 Å². The molecule has 0 unspecified atom stereocenters. The minimum Gasteiger partial charge on any atom is -0.457 e. The molecule has 1 heterocycles. The third kappa shape index (κ3) is 5.62. The molecule has 0 saturated carbocycles. The largest absolute Gasteiger partial charge is 0.457 e. The zero-order valence-electron chi connectivity index (χ0n) is 22.5. The Balaban J connectivity index is 1.52. The first-order chi connectivity index (χ1) is 20.4. The SMILES string of the molecule is CC1(C)c2ccccc2Oc2ccc(-c3c(Cl)cc(C(c4c(Cl)cc(Cl)cc4Cl)c4c(Cl)cc(Cl)cc4Cl)cc3Cl)cc21. The second kappa shape index (κ2) is 11.9. The number of hydrogen-bond donors (Lipinski definition) is 0. The predicted molar refractivity (Wildman–Crippen MR) is 184 cm³/mol. The maximum absolute atomic E-state index is 7.04.